The van der Waals surface area contributed by atoms with Gasteiger partial charge in [-0.05, 0) is 72.8 Å². The van der Waals surface area contributed by atoms with E-state index in [-0.39, 0.29) is 5.41 Å². The lowest BCUT2D eigenvalue weighted by Gasteiger charge is -2.28. The van der Waals surface area contributed by atoms with Crippen molar-refractivity contribution in [3.8, 4) is 0 Å². The molecule has 0 aliphatic carbocycles. The van der Waals surface area contributed by atoms with E-state index in [1.165, 1.54) is 44.6 Å². The van der Waals surface area contributed by atoms with Gasteiger partial charge in [0.25, 0.3) is 5.82 Å². The highest BCUT2D eigenvalue weighted by atomic mass is 79.9. The van der Waals surface area contributed by atoms with Gasteiger partial charge in [0.15, 0.2) is 11.0 Å². The molecule has 0 fully saturated rings. The lowest BCUT2D eigenvalue weighted by molar-refractivity contribution is -0.670. The number of fused-ring (bicyclic) bond motifs is 4. The van der Waals surface area contributed by atoms with Crippen LogP contribution in [-0.2, 0) is 18.5 Å². The molecule has 0 bridgehead atoms. The smallest absolute Gasteiger partial charge is 0.282 e. The molecule has 1 atom stereocenters. The Hall–Kier alpha value is -3.11. The van der Waals surface area contributed by atoms with E-state index in [4.69, 9.17) is 0 Å². The summed E-state index contributed by atoms with van der Waals surface area (Å²) in [4.78, 5) is 4.36. The largest absolute Gasteiger partial charge is 0.347 e. The highest BCUT2D eigenvalue weighted by Crippen LogP contribution is 2.52. The third-order valence-corrected chi connectivity index (χ3v) is 7.88. The van der Waals surface area contributed by atoms with Gasteiger partial charge in [0, 0.05) is 29.9 Å². The van der Waals surface area contributed by atoms with Gasteiger partial charge in [-0.15, -0.1) is 0 Å². The molecule has 0 spiro atoms. The fourth-order valence-corrected chi connectivity index (χ4v) is 6.10. The number of halogens is 1. The van der Waals surface area contributed by atoms with Crippen molar-refractivity contribution in [2.75, 3.05) is 11.9 Å². The van der Waals surface area contributed by atoms with Crippen LogP contribution in [0.3, 0.4) is 0 Å². The number of allylic oxidation sites excluding steroid dienone is 4. The molecule has 1 aliphatic heterocycles. The SMILES string of the molecule is CCn1c(/C=C/C=C2/N(C)c3ccc4ccccc4c3C2(C)C/C=C/Br)[n+](CC)c2ccccc21. The molecule has 4 aromatic rings. The first-order chi connectivity index (χ1) is 17.0. The third kappa shape index (κ3) is 3.75. The average Bonchev–Trinajstić information content (AvgIpc) is 3.31. The van der Waals surface area contributed by atoms with E-state index < -0.39 is 0 Å². The molecule has 0 amide bonds. The molecule has 5 rings (SSSR count). The minimum Gasteiger partial charge on any atom is -0.347 e. The Bertz CT molecular complexity index is 1450. The molecule has 0 radical (unpaired) electrons. The number of hydrogen-bond donors (Lipinski definition) is 0. The van der Waals surface area contributed by atoms with Crippen molar-refractivity contribution in [2.24, 2.45) is 0 Å². The number of para-hydroxylation sites is 2. The van der Waals surface area contributed by atoms with Crippen molar-refractivity contribution < 1.29 is 4.57 Å². The van der Waals surface area contributed by atoms with Crippen molar-refractivity contribution in [2.45, 2.75) is 45.7 Å². The Morgan fingerprint density at radius 3 is 2.54 bits per heavy atom. The van der Waals surface area contributed by atoms with Crippen LogP contribution in [0.5, 0.6) is 0 Å². The number of hydrogen-bond acceptors (Lipinski definition) is 1. The number of aromatic nitrogens is 2. The predicted molar refractivity (Wildman–Crippen MR) is 153 cm³/mol. The predicted octanol–water partition coefficient (Wildman–Crippen LogP) is 7.73. The highest BCUT2D eigenvalue weighted by Gasteiger charge is 2.42. The van der Waals surface area contributed by atoms with Crippen molar-refractivity contribution in [1.29, 1.82) is 0 Å². The molecule has 35 heavy (non-hydrogen) atoms. The van der Waals surface area contributed by atoms with Crippen LogP contribution in [0.2, 0.25) is 0 Å². The lowest BCUT2D eigenvalue weighted by atomic mass is 9.76. The average molecular weight is 528 g/mol. The van der Waals surface area contributed by atoms with Crippen LogP contribution in [0.25, 0.3) is 27.9 Å². The summed E-state index contributed by atoms with van der Waals surface area (Å²) in [6.45, 7) is 8.70. The molecular formula is C31H33BrN3+. The number of anilines is 1. The maximum atomic E-state index is 3.50. The topological polar surface area (TPSA) is 12.1 Å². The van der Waals surface area contributed by atoms with Gasteiger partial charge in [0.2, 0.25) is 0 Å². The quantitative estimate of drug-likeness (QED) is 0.234. The Balaban J connectivity index is 1.65. The summed E-state index contributed by atoms with van der Waals surface area (Å²) in [6.07, 6.45) is 9.97. The van der Waals surface area contributed by atoms with E-state index in [9.17, 15) is 0 Å². The maximum Gasteiger partial charge on any atom is 0.282 e. The fourth-order valence-electron chi connectivity index (χ4n) is 5.91. The molecule has 0 saturated carbocycles. The van der Waals surface area contributed by atoms with E-state index in [2.05, 4.69) is 143 Å². The Kier molecular flexibility index (Phi) is 6.41. The minimum absolute atomic E-state index is 0.127. The van der Waals surface area contributed by atoms with Gasteiger partial charge in [-0.3, -0.25) is 0 Å². The van der Waals surface area contributed by atoms with Crippen molar-refractivity contribution in [3.05, 3.63) is 101 Å². The zero-order valence-corrected chi connectivity index (χ0v) is 22.6. The monoisotopic (exact) mass is 526 g/mol. The van der Waals surface area contributed by atoms with Crippen LogP contribution in [0.1, 0.15) is 38.6 Å². The van der Waals surface area contributed by atoms with Gasteiger partial charge >= 0.3 is 0 Å². The third-order valence-electron chi connectivity index (χ3n) is 7.51. The molecular weight excluding hydrogens is 494 g/mol. The van der Waals surface area contributed by atoms with Crippen LogP contribution in [0.4, 0.5) is 5.69 Å². The van der Waals surface area contributed by atoms with Gasteiger partial charge in [-0.1, -0.05) is 70.5 Å². The molecule has 0 N–H and O–H groups in total. The first-order valence-electron chi connectivity index (χ1n) is 12.5. The van der Waals surface area contributed by atoms with Crippen molar-refractivity contribution in [3.63, 3.8) is 0 Å². The lowest BCUT2D eigenvalue weighted by Crippen LogP contribution is -2.35. The van der Waals surface area contributed by atoms with Gasteiger partial charge in [0.1, 0.15) is 0 Å². The molecule has 3 nitrogen and oxygen atoms in total. The first kappa shape index (κ1) is 23.6. The summed E-state index contributed by atoms with van der Waals surface area (Å²) in [5.74, 6) is 1.23. The molecule has 1 unspecified atom stereocenters. The molecule has 3 aromatic carbocycles. The second kappa shape index (κ2) is 9.50. The Morgan fingerprint density at radius 1 is 1.00 bits per heavy atom. The van der Waals surface area contributed by atoms with Crippen LogP contribution in [0.15, 0.2) is 89.6 Å². The van der Waals surface area contributed by atoms with E-state index >= 15 is 0 Å². The summed E-state index contributed by atoms with van der Waals surface area (Å²) in [7, 11) is 2.20. The number of nitrogens with zero attached hydrogens (tertiary/aromatic N) is 3. The maximum absolute atomic E-state index is 3.50. The van der Waals surface area contributed by atoms with Gasteiger partial charge in [0.05, 0.1) is 13.1 Å². The number of aryl methyl sites for hydroxylation is 2. The van der Waals surface area contributed by atoms with Crippen LogP contribution in [-0.4, -0.2) is 11.6 Å². The zero-order chi connectivity index (χ0) is 24.6. The van der Waals surface area contributed by atoms with Gasteiger partial charge in [-0.2, -0.15) is 0 Å². The molecule has 0 saturated heterocycles. The zero-order valence-electron chi connectivity index (χ0n) is 21.0. The second-order valence-corrected chi connectivity index (χ2v) is 9.91. The summed E-state index contributed by atoms with van der Waals surface area (Å²) >= 11 is 3.50. The van der Waals surface area contributed by atoms with Crippen LogP contribution >= 0.6 is 15.9 Å². The number of rotatable bonds is 6. The normalized spacial score (nSPS) is 19.2. The Morgan fingerprint density at radius 2 is 1.77 bits per heavy atom. The molecule has 1 aromatic heterocycles. The second-order valence-electron chi connectivity index (χ2n) is 9.38. The Labute approximate surface area is 216 Å². The summed E-state index contributed by atoms with van der Waals surface area (Å²) in [5, 5.41) is 2.63. The number of likely N-dealkylation sites (N-methyl/N-ethyl adjacent to an activating group) is 1. The summed E-state index contributed by atoms with van der Waals surface area (Å²) in [6, 6.07) is 22.0. The first-order valence-corrected chi connectivity index (χ1v) is 13.4. The van der Waals surface area contributed by atoms with E-state index in [1.807, 2.05) is 4.99 Å². The summed E-state index contributed by atoms with van der Waals surface area (Å²) < 4.78 is 4.81. The fraction of sp³-hybridized carbons (Fsp3) is 0.258. The highest BCUT2D eigenvalue weighted by molar-refractivity contribution is 9.11. The van der Waals surface area contributed by atoms with E-state index in [0.717, 1.165) is 19.5 Å². The van der Waals surface area contributed by atoms with Crippen LogP contribution in [0, 0.1) is 0 Å². The van der Waals surface area contributed by atoms with Crippen molar-refractivity contribution >= 4 is 49.5 Å². The van der Waals surface area contributed by atoms with E-state index in [0.29, 0.717) is 0 Å². The number of benzene rings is 3. The molecule has 4 heteroatoms. The minimum atomic E-state index is -0.127. The van der Waals surface area contributed by atoms with Gasteiger partial charge < -0.3 is 4.90 Å². The molecule has 2 heterocycles. The van der Waals surface area contributed by atoms with Gasteiger partial charge in [-0.25, -0.2) is 9.13 Å². The van der Waals surface area contributed by atoms with Crippen molar-refractivity contribution in [1.82, 2.24) is 4.57 Å². The number of imidazole rings is 1. The molecule has 178 valence electrons. The standard InChI is InChI=1S/C31H33BrN3/c1-5-34-25-15-9-10-16-26(25)35(6-2)29(34)18-11-17-28-31(3,21-12-22-32)30-24-14-8-7-13-23(24)19-20-27(30)33(28)4/h7-20,22H,5-6,21H2,1-4H3/q+1/b22-12+. The molecule has 1 aliphatic rings. The summed E-state index contributed by atoms with van der Waals surface area (Å²) in [5.41, 5.74) is 6.46. The van der Waals surface area contributed by atoms with Crippen LogP contribution < -0.4 is 9.47 Å². The van der Waals surface area contributed by atoms with E-state index in [1.54, 1.807) is 0 Å².